The van der Waals surface area contributed by atoms with E-state index in [1.54, 1.807) is 16.2 Å². The molecule has 118 valence electrons. The number of carbonyl (C=O) groups is 1. The quantitative estimate of drug-likeness (QED) is 0.786. The first kappa shape index (κ1) is 15.7. The van der Waals surface area contributed by atoms with Gasteiger partial charge in [0.1, 0.15) is 5.88 Å². The number of ether oxygens (including phenoxy) is 2. The molecule has 6 heteroatoms. The average molecular weight is 340 g/mol. The van der Waals surface area contributed by atoms with Crippen LogP contribution in [0.2, 0.25) is 0 Å². The lowest BCUT2D eigenvalue weighted by Gasteiger charge is -2.29. The minimum atomic E-state index is -0.0801. The number of hydrogen-bond donors (Lipinski definition) is 0. The van der Waals surface area contributed by atoms with Crippen molar-refractivity contribution in [2.45, 2.75) is 12.6 Å². The van der Waals surface area contributed by atoms with Gasteiger partial charge in [0, 0.05) is 17.8 Å². The number of carbonyl (C=O) groups excluding carboxylic acids is 1. The summed E-state index contributed by atoms with van der Waals surface area (Å²) < 4.78 is 12.3. The third kappa shape index (κ3) is 3.60. The van der Waals surface area contributed by atoms with Crippen LogP contribution in [0.5, 0.6) is 0 Å². The topological polar surface area (TPSA) is 38.8 Å². The molecule has 2 aromatic rings. The second-order valence-electron chi connectivity index (χ2n) is 5.23. The standard InChI is InChI=1S/C16H18ClNO3S/c17-8-15(19)18(10-14-11-20-5-6-21-14)9-13-3-1-2-12-4-7-22-16(12)13/h1-4,7,14H,5-6,8-11H2/t14-/m0/s1. The Kier molecular flexibility index (Phi) is 5.31. The summed E-state index contributed by atoms with van der Waals surface area (Å²) in [7, 11) is 0. The van der Waals surface area contributed by atoms with Gasteiger partial charge in [-0.25, -0.2) is 0 Å². The monoisotopic (exact) mass is 339 g/mol. The Hall–Kier alpha value is -1.14. The molecule has 2 heterocycles. The van der Waals surface area contributed by atoms with Crippen molar-refractivity contribution in [3.05, 3.63) is 35.2 Å². The molecule has 1 aromatic heterocycles. The summed E-state index contributed by atoms with van der Waals surface area (Å²) in [6, 6.07) is 8.26. The van der Waals surface area contributed by atoms with Gasteiger partial charge < -0.3 is 14.4 Å². The van der Waals surface area contributed by atoms with E-state index in [-0.39, 0.29) is 17.9 Å². The van der Waals surface area contributed by atoms with E-state index in [1.807, 2.05) is 6.07 Å². The highest BCUT2D eigenvalue weighted by molar-refractivity contribution is 7.17. The van der Waals surface area contributed by atoms with Gasteiger partial charge in [0.2, 0.25) is 5.91 Å². The number of alkyl halides is 1. The molecule has 1 aliphatic heterocycles. The first-order valence-corrected chi connectivity index (χ1v) is 8.67. The number of benzene rings is 1. The molecule has 1 aromatic carbocycles. The van der Waals surface area contributed by atoms with Crippen molar-refractivity contribution < 1.29 is 14.3 Å². The van der Waals surface area contributed by atoms with Gasteiger partial charge in [-0.05, 0) is 22.4 Å². The Morgan fingerprint density at radius 1 is 1.36 bits per heavy atom. The molecular weight excluding hydrogens is 322 g/mol. The van der Waals surface area contributed by atoms with Crippen LogP contribution in [0.4, 0.5) is 0 Å². The Labute approximate surface area is 138 Å². The minimum Gasteiger partial charge on any atom is -0.376 e. The maximum atomic E-state index is 12.2. The van der Waals surface area contributed by atoms with Gasteiger partial charge >= 0.3 is 0 Å². The molecule has 0 aliphatic carbocycles. The van der Waals surface area contributed by atoms with Gasteiger partial charge in [0.25, 0.3) is 0 Å². The third-order valence-electron chi connectivity index (χ3n) is 3.70. The maximum absolute atomic E-state index is 12.2. The van der Waals surface area contributed by atoms with Gasteiger partial charge in [-0.1, -0.05) is 18.2 Å². The third-order valence-corrected chi connectivity index (χ3v) is 4.93. The van der Waals surface area contributed by atoms with Crippen LogP contribution in [0.15, 0.2) is 29.6 Å². The van der Waals surface area contributed by atoms with Gasteiger partial charge in [-0.15, -0.1) is 22.9 Å². The van der Waals surface area contributed by atoms with E-state index in [2.05, 4.69) is 23.6 Å². The molecular formula is C16H18ClNO3S. The number of rotatable bonds is 5. The van der Waals surface area contributed by atoms with E-state index in [9.17, 15) is 4.79 Å². The van der Waals surface area contributed by atoms with Crippen LogP contribution >= 0.6 is 22.9 Å². The molecule has 0 bridgehead atoms. The predicted octanol–water partition coefficient (Wildman–Crippen LogP) is 2.88. The summed E-state index contributed by atoms with van der Waals surface area (Å²) in [4.78, 5) is 13.9. The van der Waals surface area contributed by atoms with Crippen LogP contribution in [-0.4, -0.2) is 49.2 Å². The van der Waals surface area contributed by atoms with Crippen LogP contribution in [0, 0.1) is 0 Å². The Morgan fingerprint density at radius 3 is 3.05 bits per heavy atom. The van der Waals surface area contributed by atoms with E-state index >= 15 is 0 Å². The maximum Gasteiger partial charge on any atom is 0.237 e. The van der Waals surface area contributed by atoms with Gasteiger partial charge in [-0.3, -0.25) is 4.79 Å². The van der Waals surface area contributed by atoms with Crippen molar-refractivity contribution in [3.63, 3.8) is 0 Å². The van der Waals surface area contributed by atoms with Crippen molar-refractivity contribution in [3.8, 4) is 0 Å². The smallest absolute Gasteiger partial charge is 0.237 e. The van der Waals surface area contributed by atoms with Gasteiger partial charge in [0.05, 0.1) is 25.9 Å². The lowest BCUT2D eigenvalue weighted by Crippen LogP contribution is -2.42. The first-order chi connectivity index (χ1) is 10.8. The zero-order valence-electron chi connectivity index (χ0n) is 12.2. The first-order valence-electron chi connectivity index (χ1n) is 7.26. The van der Waals surface area contributed by atoms with Crippen LogP contribution < -0.4 is 0 Å². The van der Waals surface area contributed by atoms with Crippen LogP contribution in [0.1, 0.15) is 5.56 Å². The molecule has 1 saturated heterocycles. The van der Waals surface area contributed by atoms with Crippen molar-refractivity contribution in [2.75, 3.05) is 32.2 Å². The van der Waals surface area contributed by atoms with E-state index in [1.165, 1.54) is 10.1 Å². The summed E-state index contributed by atoms with van der Waals surface area (Å²) >= 11 is 7.46. The lowest BCUT2D eigenvalue weighted by atomic mass is 10.1. The van der Waals surface area contributed by atoms with Gasteiger partial charge in [-0.2, -0.15) is 0 Å². The molecule has 0 unspecified atom stereocenters. The van der Waals surface area contributed by atoms with Crippen LogP contribution in [0.3, 0.4) is 0 Å². The fraction of sp³-hybridized carbons (Fsp3) is 0.438. The Balaban J connectivity index is 1.77. The largest absolute Gasteiger partial charge is 0.376 e. The summed E-state index contributed by atoms with van der Waals surface area (Å²) in [6.07, 6.45) is -0.0801. The normalized spacial score (nSPS) is 18.5. The number of thiophene rings is 1. The molecule has 0 N–H and O–H groups in total. The van der Waals surface area contributed by atoms with Crippen LogP contribution in [0.25, 0.3) is 10.1 Å². The predicted molar refractivity (Wildman–Crippen MR) is 88.5 cm³/mol. The molecule has 1 aliphatic rings. The summed E-state index contributed by atoms with van der Waals surface area (Å²) in [6.45, 7) is 2.77. The summed E-state index contributed by atoms with van der Waals surface area (Å²) in [5.74, 6) is -0.0991. The molecule has 1 amide bonds. The zero-order valence-corrected chi connectivity index (χ0v) is 13.7. The fourth-order valence-corrected chi connectivity index (χ4v) is 3.69. The second-order valence-corrected chi connectivity index (χ2v) is 6.42. The highest BCUT2D eigenvalue weighted by Crippen LogP contribution is 2.26. The highest BCUT2D eigenvalue weighted by Gasteiger charge is 2.22. The van der Waals surface area contributed by atoms with Crippen molar-refractivity contribution >= 4 is 38.9 Å². The molecule has 0 spiro atoms. The lowest BCUT2D eigenvalue weighted by molar-refractivity contribution is -0.136. The number of amides is 1. The van der Waals surface area contributed by atoms with Crippen molar-refractivity contribution in [1.29, 1.82) is 0 Å². The minimum absolute atomic E-state index is 0.0198. The van der Waals surface area contributed by atoms with Crippen molar-refractivity contribution in [2.24, 2.45) is 0 Å². The van der Waals surface area contributed by atoms with E-state index in [0.29, 0.717) is 32.9 Å². The molecule has 0 radical (unpaired) electrons. The molecule has 1 atom stereocenters. The molecule has 3 rings (SSSR count). The molecule has 22 heavy (non-hydrogen) atoms. The summed E-state index contributed by atoms with van der Waals surface area (Å²) in [5.41, 5.74) is 1.14. The second kappa shape index (κ2) is 7.42. The number of fused-ring (bicyclic) bond motifs is 1. The Bertz CT molecular complexity index is 639. The molecule has 4 nitrogen and oxygen atoms in total. The average Bonchev–Trinajstić information content (AvgIpc) is 3.04. The zero-order chi connectivity index (χ0) is 15.4. The van der Waals surface area contributed by atoms with E-state index in [0.717, 1.165) is 5.56 Å². The number of halogens is 1. The van der Waals surface area contributed by atoms with Crippen molar-refractivity contribution in [1.82, 2.24) is 4.90 Å². The molecule has 0 saturated carbocycles. The van der Waals surface area contributed by atoms with Crippen LogP contribution in [-0.2, 0) is 20.8 Å². The van der Waals surface area contributed by atoms with E-state index < -0.39 is 0 Å². The highest BCUT2D eigenvalue weighted by atomic mass is 35.5. The summed E-state index contributed by atoms with van der Waals surface area (Å²) in [5, 5.41) is 3.28. The van der Waals surface area contributed by atoms with Gasteiger partial charge in [0.15, 0.2) is 0 Å². The SMILES string of the molecule is O=C(CCl)N(Cc1cccc2ccsc12)C[C@H]1COCCO1. The number of hydrogen-bond acceptors (Lipinski definition) is 4. The fourth-order valence-electron chi connectivity index (χ4n) is 2.61. The number of nitrogens with zero attached hydrogens (tertiary/aromatic N) is 1. The Morgan fingerprint density at radius 2 is 2.27 bits per heavy atom. The van der Waals surface area contributed by atoms with E-state index in [4.69, 9.17) is 21.1 Å². The molecule has 1 fully saturated rings.